The second kappa shape index (κ2) is 17.9. The van der Waals surface area contributed by atoms with Crippen LogP contribution >= 0.6 is 0 Å². The first-order valence-corrected chi connectivity index (χ1v) is 15.6. The molecule has 1 saturated heterocycles. The highest BCUT2D eigenvalue weighted by atomic mass is 19.2. The van der Waals surface area contributed by atoms with Crippen molar-refractivity contribution in [3.63, 3.8) is 0 Å². The van der Waals surface area contributed by atoms with E-state index in [2.05, 4.69) is 19.6 Å². The molecule has 2 aromatic carbocycles. The number of allylic oxidation sites excluding steroid dienone is 6. The average molecular weight is 583 g/mol. The maximum atomic E-state index is 15.1. The van der Waals surface area contributed by atoms with Crippen molar-refractivity contribution in [2.75, 3.05) is 6.61 Å². The molecule has 1 aliphatic heterocycles. The van der Waals surface area contributed by atoms with Crippen LogP contribution in [0.25, 0.3) is 11.1 Å². The molecule has 2 unspecified atom stereocenters. The average Bonchev–Trinajstić information content (AvgIpc) is 3.00. The van der Waals surface area contributed by atoms with Gasteiger partial charge in [-0.15, -0.1) is 0 Å². The van der Waals surface area contributed by atoms with Crippen molar-refractivity contribution in [2.45, 2.75) is 97.0 Å². The van der Waals surface area contributed by atoms with E-state index >= 15 is 13.2 Å². The fourth-order valence-corrected chi connectivity index (χ4v) is 5.57. The van der Waals surface area contributed by atoms with Crippen molar-refractivity contribution in [3.8, 4) is 11.1 Å². The van der Waals surface area contributed by atoms with Crippen LogP contribution in [0.4, 0.5) is 17.6 Å². The molecule has 1 nitrogen and oxygen atoms in total. The smallest absolute Gasteiger partial charge is 0.167 e. The Morgan fingerprint density at radius 2 is 1.60 bits per heavy atom. The third-order valence-electron chi connectivity index (χ3n) is 8.00. The van der Waals surface area contributed by atoms with Crippen LogP contribution in [0.2, 0.25) is 0 Å². The van der Waals surface area contributed by atoms with Crippen LogP contribution in [-0.2, 0) is 11.2 Å². The molecule has 0 aliphatic carbocycles. The van der Waals surface area contributed by atoms with Crippen LogP contribution in [0.1, 0.15) is 102 Å². The van der Waals surface area contributed by atoms with E-state index in [9.17, 15) is 4.39 Å². The Labute approximate surface area is 250 Å². The Balaban J connectivity index is 1.61. The van der Waals surface area contributed by atoms with E-state index in [1.165, 1.54) is 38.2 Å². The SMILES string of the molecule is C=C/C=C(CCCCCCCCCC)\C(F)=C(\F)Cc1ccc(-c2ccc(C3CCC(/C=C/C)CO3)c(F)c2F)cc1. The predicted molar refractivity (Wildman–Crippen MR) is 166 cm³/mol. The van der Waals surface area contributed by atoms with E-state index in [1.807, 2.05) is 13.0 Å². The largest absolute Gasteiger partial charge is 0.373 e. The lowest BCUT2D eigenvalue weighted by Gasteiger charge is -2.28. The van der Waals surface area contributed by atoms with Crippen LogP contribution in [-0.4, -0.2) is 6.61 Å². The van der Waals surface area contributed by atoms with Gasteiger partial charge in [-0.05, 0) is 49.3 Å². The van der Waals surface area contributed by atoms with Crippen molar-refractivity contribution in [2.24, 2.45) is 5.92 Å². The molecule has 228 valence electrons. The number of halogens is 4. The van der Waals surface area contributed by atoms with Gasteiger partial charge in [0.2, 0.25) is 0 Å². The first-order valence-electron chi connectivity index (χ1n) is 15.6. The normalized spacial score (nSPS) is 18.4. The van der Waals surface area contributed by atoms with Crippen LogP contribution in [0.15, 0.2) is 84.5 Å². The first kappa shape index (κ1) is 33.6. The van der Waals surface area contributed by atoms with Gasteiger partial charge in [0.25, 0.3) is 0 Å². The Bertz CT molecular complexity index is 1220. The minimum atomic E-state index is -0.934. The molecule has 2 atom stereocenters. The van der Waals surface area contributed by atoms with Crippen LogP contribution < -0.4 is 0 Å². The van der Waals surface area contributed by atoms with Gasteiger partial charge >= 0.3 is 0 Å². The maximum Gasteiger partial charge on any atom is 0.167 e. The fraction of sp³-hybridized carbons (Fsp3) is 0.459. The third kappa shape index (κ3) is 9.83. The molecule has 0 radical (unpaired) electrons. The zero-order valence-corrected chi connectivity index (χ0v) is 25.2. The second-order valence-corrected chi connectivity index (χ2v) is 11.3. The summed E-state index contributed by atoms with van der Waals surface area (Å²) in [7, 11) is 0. The summed E-state index contributed by atoms with van der Waals surface area (Å²) in [5, 5.41) is 0. The highest BCUT2D eigenvalue weighted by Crippen LogP contribution is 2.36. The molecule has 0 spiro atoms. The summed E-state index contributed by atoms with van der Waals surface area (Å²) in [6.45, 7) is 8.28. The number of benzene rings is 2. The van der Waals surface area contributed by atoms with E-state index in [0.29, 0.717) is 42.1 Å². The summed E-state index contributed by atoms with van der Waals surface area (Å²) in [4.78, 5) is 0. The Hall–Kier alpha value is -2.92. The topological polar surface area (TPSA) is 9.23 Å². The van der Waals surface area contributed by atoms with Crippen LogP contribution in [0, 0.1) is 17.6 Å². The molecule has 42 heavy (non-hydrogen) atoms. The van der Waals surface area contributed by atoms with Crippen molar-refractivity contribution in [1.82, 2.24) is 0 Å². The van der Waals surface area contributed by atoms with Gasteiger partial charge in [-0.3, -0.25) is 0 Å². The summed E-state index contributed by atoms with van der Waals surface area (Å²) >= 11 is 0. The van der Waals surface area contributed by atoms with Gasteiger partial charge in [-0.2, -0.15) is 0 Å². The van der Waals surface area contributed by atoms with Gasteiger partial charge in [0.1, 0.15) is 5.83 Å². The Morgan fingerprint density at radius 3 is 2.21 bits per heavy atom. The summed E-state index contributed by atoms with van der Waals surface area (Å²) in [6, 6.07) is 9.60. The molecular formula is C37H46F4O. The van der Waals surface area contributed by atoms with Crippen molar-refractivity contribution in [3.05, 3.63) is 107 Å². The van der Waals surface area contributed by atoms with Gasteiger partial charge in [0.05, 0.1) is 12.7 Å². The lowest BCUT2D eigenvalue weighted by Crippen LogP contribution is -2.20. The molecule has 1 aliphatic rings. The maximum absolute atomic E-state index is 15.1. The van der Waals surface area contributed by atoms with E-state index in [1.54, 1.807) is 42.5 Å². The molecule has 0 amide bonds. The van der Waals surface area contributed by atoms with Gasteiger partial charge in [0, 0.05) is 23.5 Å². The van der Waals surface area contributed by atoms with Gasteiger partial charge in [-0.1, -0.05) is 119 Å². The van der Waals surface area contributed by atoms with Crippen molar-refractivity contribution >= 4 is 0 Å². The zero-order chi connectivity index (χ0) is 30.3. The van der Waals surface area contributed by atoms with E-state index in [-0.39, 0.29) is 17.5 Å². The summed E-state index contributed by atoms with van der Waals surface area (Å²) in [6.07, 6.45) is 17.4. The minimum Gasteiger partial charge on any atom is -0.373 e. The third-order valence-corrected chi connectivity index (χ3v) is 8.00. The lowest BCUT2D eigenvalue weighted by molar-refractivity contribution is -0.00743. The zero-order valence-electron chi connectivity index (χ0n) is 25.2. The van der Waals surface area contributed by atoms with Crippen LogP contribution in [0.3, 0.4) is 0 Å². The quantitative estimate of drug-likeness (QED) is 0.0828. The summed E-state index contributed by atoms with van der Waals surface area (Å²) < 4.78 is 66.0. The number of ether oxygens (including phenoxy) is 1. The summed E-state index contributed by atoms with van der Waals surface area (Å²) in [5.41, 5.74) is 1.67. The minimum absolute atomic E-state index is 0.120. The molecule has 0 aromatic heterocycles. The highest BCUT2D eigenvalue weighted by Gasteiger charge is 2.26. The Kier molecular flexibility index (Phi) is 14.3. The lowest BCUT2D eigenvalue weighted by atomic mass is 9.92. The number of unbranched alkanes of at least 4 members (excludes halogenated alkanes) is 7. The fourth-order valence-electron chi connectivity index (χ4n) is 5.57. The molecule has 2 aromatic rings. The van der Waals surface area contributed by atoms with Gasteiger partial charge in [-0.25, -0.2) is 17.6 Å². The van der Waals surface area contributed by atoms with Crippen molar-refractivity contribution < 1.29 is 22.3 Å². The van der Waals surface area contributed by atoms with E-state index in [4.69, 9.17) is 4.74 Å². The number of hydrogen-bond acceptors (Lipinski definition) is 1. The molecule has 0 N–H and O–H groups in total. The number of hydrogen-bond donors (Lipinski definition) is 0. The first-order chi connectivity index (χ1) is 20.4. The van der Waals surface area contributed by atoms with E-state index in [0.717, 1.165) is 25.7 Å². The van der Waals surface area contributed by atoms with Crippen LogP contribution in [0.5, 0.6) is 0 Å². The standard InChI is InChI=1S/C37H46F4O/c1-4-7-8-9-10-11-12-13-16-30(15-6-3)35(39)33(38)25-27-17-20-29(21-18-27)31-22-23-32(37(41)36(31)40)34-24-19-28(14-5-2)26-42-34/h5-6,14-15,17-18,20-23,28,34H,3-4,7-13,16,19,24-26H2,1-2H3/b14-5+,30-15-,35-33-. The molecule has 0 bridgehead atoms. The molecule has 1 heterocycles. The predicted octanol–water partition coefficient (Wildman–Crippen LogP) is 12.0. The molecule has 1 fully saturated rings. The number of rotatable bonds is 16. The molecule has 5 heteroatoms. The molecular weight excluding hydrogens is 536 g/mol. The molecule has 3 rings (SSSR count). The second-order valence-electron chi connectivity index (χ2n) is 11.3. The highest BCUT2D eigenvalue weighted by molar-refractivity contribution is 5.65. The summed E-state index contributed by atoms with van der Waals surface area (Å²) in [5.74, 6) is -3.23. The molecule has 0 saturated carbocycles. The van der Waals surface area contributed by atoms with E-state index < -0.39 is 29.4 Å². The van der Waals surface area contributed by atoms with Gasteiger partial charge < -0.3 is 4.74 Å². The Morgan fingerprint density at radius 1 is 0.905 bits per heavy atom. The van der Waals surface area contributed by atoms with Crippen molar-refractivity contribution in [1.29, 1.82) is 0 Å². The van der Waals surface area contributed by atoms with Gasteiger partial charge in [0.15, 0.2) is 17.5 Å². The monoisotopic (exact) mass is 582 g/mol.